The highest BCUT2D eigenvalue weighted by Crippen LogP contribution is 2.27. The summed E-state index contributed by atoms with van der Waals surface area (Å²) in [6, 6.07) is 13.2. The molecule has 1 atom stereocenters. The van der Waals surface area contributed by atoms with Crippen molar-refractivity contribution >= 4 is 21.6 Å². The molecule has 1 amide bonds. The quantitative estimate of drug-likeness (QED) is 0.828. The second kappa shape index (κ2) is 8.45. The molecule has 0 aliphatic carbocycles. The van der Waals surface area contributed by atoms with Crippen LogP contribution < -0.4 is 5.32 Å². The summed E-state index contributed by atoms with van der Waals surface area (Å²) >= 11 is 0. The molecule has 1 unspecified atom stereocenters. The number of hydrogen-bond acceptors (Lipinski definition) is 3. The number of amides is 1. The predicted molar refractivity (Wildman–Crippen MR) is 112 cm³/mol. The number of sulfonamides is 1. The van der Waals surface area contributed by atoms with Crippen LogP contribution in [0.4, 0.5) is 5.69 Å². The monoisotopic (exact) mass is 400 g/mol. The van der Waals surface area contributed by atoms with Gasteiger partial charge in [0.25, 0.3) is 0 Å². The number of carbonyl (C=O) groups is 1. The van der Waals surface area contributed by atoms with Crippen molar-refractivity contribution in [1.29, 1.82) is 0 Å². The van der Waals surface area contributed by atoms with E-state index in [1.54, 1.807) is 13.0 Å². The lowest BCUT2D eigenvalue weighted by Crippen LogP contribution is -2.43. The molecule has 0 bridgehead atoms. The molecule has 0 radical (unpaired) electrons. The molecule has 1 heterocycles. The Morgan fingerprint density at radius 2 is 1.86 bits per heavy atom. The van der Waals surface area contributed by atoms with Crippen molar-refractivity contribution in [1.82, 2.24) is 4.31 Å². The number of piperidine rings is 1. The fraction of sp³-hybridized carbons (Fsp3) is 0.409. The molecule has 0 spiro atoms. The van der Waals surface area contributed by atoms with Crippen molar-refractivity contribution in [3.05, 3.63) is 59.2 Å². The summed E-state index contributed by atoms with van der Waals surface area (Å²) in [5, 5.41) is 2.93. The van der Waals surface area contributed by atoms with Gasteiger partial charge in [-0.05, 0) is 68.0 Å². The molecule has 28 heavy (non-hydrogen) atoms. The van der Waals surface area contributed by atoms with Gasteiger partial charge in [0.2, 0.25) is 15.9 Å². The van der Waals surface area contributed by atoms with Crippen LogP contribution in [0.5, 0.6) is 0 Å². The first-order chi connectivity index (χ1) is 13.3. The van der Waals surface area contributed by atoms with E-state index in [1.807, 2.05) is 43.3 Å². The van der Waals surface area contributed by atoms with Gasteiger partial charge in [0, 0.05) is 18.8 Å². The van der Waals surface area contributed by atoms with Crippen LogP contribution >= 0.6 is 0 Å². The summed E-state index contributed by atoms with van der Waals surface area (Å²) in [6.45, 7) is 6.44. The molecule has 0 aromatic heterocycles. The largest absolute Gasteiger partial charge is 0.326 e. The summed E-state index contributed by atoms with van der Waals surface area (Å²) in [4.78, 5) is 13.1. The first kappa shape index (κ1) is 20.6. The molecule has 3 rings (SSSR count). The minimum Gasteiger partial charge on any atom is -0.326 e. The Balaban J connectivity index is 1.73. The van der Waals surface area contributed by atoms with Gasteiger partial charge in [-0.1, -0.05) is 31.2 Å². The zero-order valence-corrected chi connectivity index (χ0v) is 17.6. The highest BCUT2D eigenvalue weighted by molar-refractivity contribution is 7.89. The standard InChI is InChI=1S/C22H28N2O3S/c1-4-18-9-11-20(12-10-18)23-22(25)19-6-5-13-24(15-19)28(26,27)21-14-16(2)7-8-17(21)3/h7-12,14,19H,4-6,13,15H2,1-3H3,(H,23,25). The Labute approximate surface area is 167 Å². The van der Waals surface area contributed by atoms with Crippen LogP contribution in [0.15, 0.2) is 47.4 Å². The Kier molecular flexibility index (Phi) is 6.20. The van der Waals surface area contributed by atoms with Gasteiger partial charge in [-0.25, -0.2) is 8.42 Å². The maximum Gasteiger partial charge on any atom is 0.243 e. The normalized spacial score (nSPS) is 18.0. The predicted octanol–water partition coefficient (Wildman–Crippen LogP) is 3.91. The SMILES string of the molecule is CCc1ccc(NC(=O)C2CCCN(S(=O)(=O)c3cc(C)ccc3C)C2)cc1. The van der Waals surface area contributed by atoms with Crippen molar-refractivity contribution < 1.29 is 13.2 Å². The first-order valence-corrected chi connectivity index (χ1v) is 11.2. The smallest absolute Gasteiger partial charge is 0.243 e. The van der Waals surface area contributed by atoms with E-state index in [0.717, 1.165) is 23.2 Å². The Morgan fingerprint density at radius 1 is 1.14 bits per heavy atom. The summed E-state index contributed by atoms with van der Waals surface area (Å²) < 4.78 is 27.8. The number of aryl methyl sites for hydroxylation is 3. The van der Waals surface area contributed by atoms with Crippen molar-refractivity contribution in [2.75, 3.05) is 18.4 Å². The lowest BCUT2D eigenvalue weighted by molar-refractivity contribution is -0.120. The lowest BCUT2D eigenvalue weighted by Gasteiger charge is -2.31. The molecular formula is C22H28N2O3S. The minimum absolute atomic E-state index is 0.120. The number of anilines is 1. The van der Waals surface area contributed by atoms with Crippen LogP contribution in [0.3, 0.4) is 0 Å². The van der Waals surface area contributed by atoms with E-state index >= 15 is 0 Å². The summed E-state index contributed by atoms with van der Waals surface area (Å²) in [6.07, 6.45) is 2.32. The van der Waals surface area contributed by atoms with E-state index in [0.29, 0.717) is 24.3 Å². The van der Waals surface area contributed by atoms with Crippen LogP contribution in [0, 0.1) is 19.8 Å². The molecule has 1 aliphatic heterocycles. The molecule has 0 saturated carbocycles. The maximum absolute atomic E-state index is 13.2. The van der Waals surface area contributed by atoms with Crippen LogP contribution in [0.25, 0.3) is 0 Å². The number of nitrogens with zero attached hydrogens (tertiary/aromatic N) is 1. The zero-order valence-electron chi connectivity index (χ0n) is 16.7. The second-order valence-electron chi connectivity index (χ2n) is 7.51. The fourth-order valence-electron chi connectivity index (χ4n) is 3.57. The average molecular weight is 401 g/mol. The molecule has 2 aromatic rings. The molecule has 1 saturated heterocycles. The van der Waals surface area contributed by atoms with Gasteiger partial charge >= 0.3 is 0 Å². The average Bonchev–Trinajstić information content (AvgIpc) is 2.70. The van der Waals surface area contributed by atoms with Gasteiger partial charge in [0.15, 0.2) is 0 Å². The fourth-order valence-corrected chi connectivity index (χ4v) is 5.40. The highest BCUT2D eigenvalue weighted by atomic mass is 32.2. The van der Waals surface area contributed by atoms with Gasteiger partial charge in [0.05, 0.1) is 10.8 Å². The number of carbonyl (C=O) groups excluding carboxylic acids is 1. The van der Waals surface area contributed by atoms with Crippen molar-refractivity contribution in [3.8, 4) is 0 Å². The number of benzene rings is 2. The topological polar surface area (TPSA) is 66.5 Å². The van der Waals surface area contributed by atoms with Crippen LogP contribution in [-0.2, 0) is 21.2 Å². The number of hydrogen-bond donors (Lipinski definition) is 1. The summed E-state index contributed by atoms with van der Waals surface area (Å²) in [5.74, 6) is -0.468. The molecular weight excluding hydrogens is 372 g/mol. The minimum atomic E-state index is -3.61. The third kappa shape index (κ3) is 4.45. The molecule has 2 aromatic carbocycles. The van der Waals surface area contributed by atoms with E-state index in [-0.39, 0.29) is 18.4 Å². The van der Waals surface area contributed by atoms with Crippen molar-refractivity contribution in [3.63, 3.8) is 0 Å². The lowest BCUT2D eigenvalue weighted by atomic mass is 9.98. The van der Waals surface area contributed by atoms with E-state index in [9.17, 15) is 13.2 Å². The zero-order chi connectivity index (χ0) is 20.3. The van der Waals surface area contributed by atoms with E-state index < -0.39 is 10.0 Å². The summed E-state index contributed by atoms with van der Waals surface area (Å²) in [7, 11) is -3.61. The molecule has 1 aliphatic rings. The van der Waals surface area contributed by atoms with E-state index in [2.05, 4.69) is 12.2 Å². The molecule has 1 fully saturated rings. The second-order valence-corrected chi connectivity index (χ2v) is 9.42. The number of nitrogens with one attached hydrogen (secondary N) is 1. The first-order valence-electron chi connectivity index (χ1n) is 9.78. The third-order valence-electron chi connectivity index (χ3n) is 5.35. The van der Waals surface area contributed by atoms with Crippen molar-refractivity contribution in [2.45, 2.75) is 44.9 Å². The Hall–Kier alpha value is -2.18. The van der Waals surface area contributed by atoms with Gasteiger partial charge in [-0.2, -0.15) is 4.31 Å². The Bertz CT molecular complexity index is 952. The van der Waals surface area contributed by atoms with Gasteiger partial charge < -0.3 is 5.32 Å². The van der Waals surface area contributed by atoms with E-state index in [1.165, 1.54) is 9.87 Å². The maximum atomic E-state index is 13.2. The summed E-state index contributed by atoms with van der Waals surface area (Å²) in [5.41, 5.74) is 3.59. The molecule has 5 nitrogen and oxygen atoms in total. The van der Waals surface area contributed by atoms with Crippen LogP contribution in [-0.4, -0.2) is 31.7 Å². The number of rotatable bonds is 5. The molecule has 150 valence electrons. The van der Waals surface area contributed by atoms with Gasteiger partial charge in [-0.3, -0.25) is 4.79 Å². The Morgan fingerprint density at radius 3 is 2.54 bits per heavy atom. The van der Waals surface area contributed by atoms with Gasteiger partial charge in [0.1, 0.15) is 0 Å². The molecule has 6 heteroatoms. The van der Waals surface area contributed by atoms with Gasteiger partial charge in [-0.15, -0.1) is 0 Å². The van der Waals surface area contributed by atoms with Crippen molar-refractivity contribution in [2.24, 2.45) is 5.92 Å². The van der Waals surface area contributed by atoms with Crippen LogP contribution in [0.1, 0.15) is 36.5 Å². The van der Waals surface area contributed by atoms with Crippen LogP contribution in [0.2, 0.25) is 0 Å². The highest BCUT2D eigenvalue weighted by Gasteiger charge is 2.34. The van der Waals surface area contributed by atoms with E-state index in [4.69, 9.17) is 0 Å². The third-order valence-corrected chi connectivity index (χ3v) is 7.35. The molecule has 1 N–H and O–H groups in total.